The predicted octanol–water partition coefficient (Wildman–Crippen LogP) is 6.27. The van der Waals surface area contributed by atoms with Crippen molar-refractivity contribution in [2.45, 2.75) is 84.1 Å². The molecule has 0 aromatic heterocycles. The lowest BCUT2D eigenvalue weighted by Gasteiger charge is -2.62. The minimum absolute atomic E-state index is 0.343. The second-order valence-corrected chi connectivity index (χ2v) is 11.4. The predicted molar refractivity (Wildman–Crippen MR) is 119 cm³/mol. The first-order valence-electron chi connectivity index (χ1n) is 12.2. The van der Waals surface area contributed by atoms with Gasteiger partial charge < -0.3 is 4.90 Å². The molecule has 1 aromatic rings. The molecule has 3 aliphatic carbocycles. The summed E-state index contributed by atoms with van der Waals surface area (Å²) in [5.74, 6) is 4.44. The van der Waals surface area contributed by atoms with Crippen molar-refractivity contribution in [2.24, 2.45) is 34.5 Å². The van der Waals surface area contributed by atoms with Crippen LogP contribution in [0.1, 0.15) is 83.6 Å². The molecule has 0 bridgehead atoms. The van der Waals surface area contributed by atoms with E-state index in [0.717, 1.165) is 36.5 Å². The van der Waals surface area contributed by atoms with E-state index in [-0.39, 0.29) is 0 Å². The minimum Gasteiger partial charge on any atom is -0.342 e. The van der Waals surface area contributed by atoms with Crippen molar-refractivity contribution >= 4 is 5.91 Å². The molecule has 0 radical (unpaired) electrons. The molecule has 2 unspecified atom stereocenters. The molecule has 1 amide bonds. The third-order valence-electron chi connectivity index (χ3n) is 10.6. The highest BCUT2D eigenvalue weighted by atomic mass is 16.2. The van der Waals surface area contributed by atoms with E-state index in [1.165, 1.54) is 44.1 Å². The van der Waals surface area contributed by atoms with E-state index < -0.39 is 0 Å². The number of amides is 1. The molecule has 158 valence electrons. The zero-order valence-corrected chi connectivity index (χ0v) is 18.9. The van der Waals surface area contributed by atoms with Gasteiger partial charge in [0.2, 0.25) is 5.91 Å². The molecule has 1 aromatic carbocycles. The number of hydrogen-bond acceptors (Lipinski definition) is 1. The summed E-state index contributed by atoms with van der Waals surface area (Å²) < 4.78 is 0. The fourth-order valence-corrected chi connectivity index (χ4v) is 9.00. The molecule has 1 aliphatic heterocycles. The van der Waals surface area contributed by atoms with E-state index in [4.69, 9.17) is 0 Å². The van der Waals surface area contributed by atoms with Crippen molar-refractivity contribution < 1.29 is 4.79 Å². The number of fused-ring (bicyclic) bond motifs is 5. The summed E-state index contributed by atoms with van der Waals surface area (Å²) in [6, 6.07) is 11.7. The highest BCUT2D eigenvalue weighted by molar-refractivity contribution is 5.77. The molecule has 8 atom stereocenters. The molecule has 4 aliphatic rings. The van der Waals surface area contributed by atoms with E-state index in [2.05, 4.69) is 63.1 Å². The number of nitrogens with zero attached hydrogens (tertiary/aromatic N) is 1. The van der Waals surface area contributed by atoms with Crippen LogP contribution in [0.3, 0.4) is 0 Å². The van der Waals surface area contributed by atoms with Crippen LogP contribution in [0.4, 0.5) is 0 Å². The van der Waals surface area contributed by atoms with Crippen LogP contribution in [0.5, 0.6) is 0 Å². The van der Waals surface area contributed by atoms with Crippen LogP contribution in [0.25, 0.3) is 0 Å². The van der Waals surface area contributed by atoms with E-state index in [1.54, 1.807) is 0 Å². The van der Waals surface area contributed by atoms with Gasteiger partial charge in [0, 0.05) is 19.5 Å². The third-order valence-corrected chi connectivity index (χ3v) is 10.6. The highest BCUT2D eigenvalue weighted by Crippen LogP contribution is 2.67. The molecule has 29 heavy (non-hydrogen) atoms. The molecule has 5 rings (SSSR count). The van der Waals surface area contributed by atoms with Gasteiger partial charge in [0.1, 0.15) is 0 Å². The van der Waals surface area contributed by atoms with Crippen LogP contribution in [-0.2, 0) is 4.79 Å². The van der Waals surface area contributed by atoms with Gasteiger partial charge in [-0.25, -0.2) is 0 Å². The number of likely N-dealkylation sites (tertiary alicyclic amines) is 1. The highest BCUT2D eigenvalue weighted by Gasteiger charge is 2.61. The summed E-state index contributed by atoms with van der Waals surface area (Å²) in [5, 5.41) is 0. The van der Waals surface area contributed by atoms with E-state index in [0.29, 0.717) is 28.7 Å². The summed E-state index contributed by atoms with van der Waals surface area (Å²) in [4.78, 5) is 14.5. The topological polar surface area (TPSA) is 20.3 Å². The first-order valence-corrected chi connectivity index (χ1v) is 12.2. The Kier molecular flexibility index (Phi) is 4.64. The summed E-state index contributed by atoms with van der Waals surface area (Å²) in [7, 11) is 2.07. The largest absolute Gasteiger partial charge is 0.342 e. The van der Waals surface area contributed by atoms with Crippen LogP contribution in [0.15, 0.2) is 30.3 Å². The summed E-state index contributed by atoms with van der Waals surface area (Å²) in [6.45, 7) is 7.68. The Hall–Kier alpha value is -1.31. The van der Waals surface area contributed by atoms with Gasteiger partial charge in [-0.1, -0.05) is 51.1 Å². The van der Waals surface area contributed by atoms with Crippen LogP contribution in [0.2, 0.25) is 0 Å². The van der Waals surface area contributed by atoms with Gasteiger partial charge in [-0.05, 0) is 90.9 Å². The van der Waals surface area contributed by atoms with Gasteiger partial charge >= 0.3 is 0 Å². The van der Waals surface area contributed by atoms with Crippen LogP contribution in [-0.4, -0.2) is 23.9 Å². The van der Waals surface area contributed by atoms with Gasteiger partial charge in [0.25, 0.3) is 0 Å². The second kappa shape index (κ2) is 6.86. The summed E-state index contributed by atoms with van der Waals surface area (Å²) >= 11 is 0. The zero-order valence-electron chi connectivity index (χ0n) is 18.9. The first kappa shape index (κ1) is 19.6. The molecular weight excluding hydrogens is 354 g/mol. The number of carbonyl (C=O) groups excluding carboxylic acids is 1. The minimum atomic E-state index is 0.343. The Morgan fingerprint density at radius 3 is 2.41 bits per heavy atom. The van der Waals surface area contributed by atoms with E-state index in [9.17, 15) is 4.79 Å². The molecule has 2 heteroatoms. The lowest BCUT2D eigenvalue weighted by atomic mass is 9.46. The Morgan fingerprint density at radius 2 is 1.66 bits per heavy atom. The van der Waals surface area contributed by atoms with Gasteiger partial charge in [0.05, 0.1) is 0 Å². The maximum absolute atomic E-state index is 12.4. The SMILES string of the molecule is CC(c1ccccc1)[C@H]1CC[C@H]2[C@@H]3CCC4N(C)C(=O)CC[C@]4(C)[C@H]3CC[C@]12C. The first-order chi connectivity index (χ1) is 13.9. The second-order valence-electron chi connectivity index (χ2n) is 11.4. The van der Waals surface area contributed by atoms with Gasteiger partial charge in [-0.2, -0.15) is 0 Å². The number of rotatable bonds is 2. The molecule has 1 saturated heterocycles. The van der Waals surface area contributed by atoms with Crippen molar-refractivity contribution in [3.05, 3.63) is 35.9 Å². The third kappa shape index (κ3) is 2.77. The maximum Gasteiger partial charge on any atom is 0.222 e. The van der Waals surface area contributed by atoms with Gasteiger partial charge in [-0.15, -0.1) is 0 Å². The van der Waals surface area contributed by atoms with Crippen molar-refractivity contribution in [1.29, 1.82) is 0 Å². The summed E-state index contributed by atoms with van der Waals surface area (Å²) in [5.41, 5.74) is 2.37. The number of benzene rings is 1. The average molecular weight is 394 g/mol. The summed E-state index contributed by atoms with van der Waals surface area (Å²) in [6.07, 6.45) is 10.1. The Balaban J connectivity index is 1.41. The molecule has 3 saturated carbocycles. The Labute approximate surface area is 177 Å². The Morgan fingerprint density at radius 1 is 0.931 bits per heavy atom. The number of hydrogen-bond donors (Lipinski definition) is 0. The van der Waals surface area contributed by atoms with Crippen LogP contribution < -0.4 is 0 Å². The quantitative estimate of drug-likeness (QED) is 0.580. The normalized spacial score (nSPS) is 45.3. The number of carbonyl (C=O) groups is 1. The van der Waals surface area contributed by atoms with E-state index >= 15 is 0 Å². The Bertz CT molecular complexity index is 774. The van der Waals surface area contributed by atoms with Crippen molar-refractivity contribution in [1.82, 2.24) is 4.90 Å². The molecular formula is C27H39NO. The van der Waals surface area contributed by atoms with Crippen molar-refractivity contribution in [2.75, 3.05) is 7.05 Å². The smallest absolute Gasteiger partial charge is 0.222 e. The lowest BCUT2D eigenvalue weighted by Crippen LogP contribution is -2.61. The molecule has 0 spiro atoms. The molecule has 1 heterocycles. The van der Waals surface area contributed by atoms with Crippen molar-refractivity contribution in [3.8, 4) is 0 Å². The average Bonchev–Trinajstić information content (AvgIpc) is 3.08. The van der Waals surface area contributed by atoms with Crippen molar-refractivity contribution in [3.63, 3.8) is 0 Å². The number of piperidine rings is 1. The molecule has 0 N–H and O–H groups in total. The molecule has 2 nitrogen and oxygen atoms in total. The van der Waals surface area contributed by atoms with Gasteiger partial charge in [-0.3, -0.25) is 4.79 Å². The standard InChI is InChI=1S/C27H39NO/c1-18(19-8-6-5-7-9-19)21-11-12-22-20-10-13-24-27(3,17-15-25(29)28(24)4)23(20)14-16-26(21,22)2/h5-9,18,20-24H,10-17H2,1-4H3/t18?,20-,21+,22-,23-,24?,26+,27+/m0/s1. The van der Waals surface area contributed by atoms with E-state index in [1.807, 2.05) is 0 Å². The van der Waals surface area contributed by atoms with Crippen LogP contribution >= 0.6 is 0 Å². The fourth-order valence-electron chi connectivity index (χ4n) is 9.00. The maximum atomic E-state index is 12.4. The lowest BCUT2D eigenvalue weighted by molar-refractivity contribution is -0.158. The fraction of sp³-hybridized carbons (Fsp3) is 0.741. The molecule has 4 fully saturated rings. The zero-order chi connectivity index (χ0) is 20.4. The monoisotopic (exact) mass is 393 g/mol. The van der Waals surface area contributed by atoms with Gasteiger partial charge in [0.15, 0.2) is 0 Å². The van der Waals surface area contributed by atoms with Crippen LogP contribution in [0, 0.1) is 34.5 Å².